The van der Waals surface area contributed by atoms with Crippen LogP contribution in [0, 0.1) is 11.8 Å². The Morgan fingerprint density at radius 3 is 2.72 bits per heavy atom. The number of primary amides is 1. The van der Waals surface area contributed by atoms with Crippen LogP contribution in [0.2, 0.25) is 0 Å². The summed E-state index contributed by atoms with van der Waals surface area (Å²) in [6, 6.07) is 2.05. The molecule has 162 valence electrons. The van der Waals surface area contributed by atoms with E-state index in [-0.39, 0.29) is 17.7 Å². The Balaban J connectivity index is 1.84. The number of amides is 1. The Morgan fingerprint density at radius 2 is 2.07 bits per heavy atom. The second-order valence-corrected chi connectivity index (χ2v) is 11.3. The van der Waals surface area contributed by atoms with E-state index in [1.807, 2.05) is 24.3 Å². The average molecular weight is 551 g/mol. The van der Waals surface area contributed by atoms with Crippen LogP contribution < -0.4 is 5.73 Å². The molecule has 0 unspecified atom stereocenters. The molecule has 1 saturated carbocycles. The lowest BCUT2D eigenvalue weighted by atomic mass is 9.89. The highest BCUT2D eigenvalue weighted by Crippen LogP contribution is 2.36. The highest BCUT2D eigenvalue weighted by atomic mass is 79.9. The molecule has 1 fully saturated rings. The molecule has 1 amide bonds. The third-order valence-electron chi connectivity index (χ3n) is 5.28. The number of carbonyl (C=O) groups is 1. The van der Waals surface area contributed by atoms with Gasteiger partial charge < -0.3 is 21.1 Å². The second-order valence-electron chi connectivity index (χ2n) is 7.52. The van der Waals surface area contributed by atoms with Gasteiger partial charge in [0, 0.05) is 18.8 Å². The molecule has 1 aromatic rings. The standard InChI is InChI=1S/C21H29Br2NO4S/c22-19-11-13(21(23)29-19)7-8-14(25)9-10-16-15(17(26)12-18(16)27)5-3-1-2-4-6-20(24)28/h1,3,9-11,14-18,25-27H,2,4-8,12H2,(H2,24,28)/t14-,15-,16-,17+,18+/m1/s1. The summed E-state index contributed by atoms with van der Waals surface area (Å²) in [4.78, 5) is 10.7. The summed E-state index contributed by atoms with van der Waals surface area (Å²) in [7, 11) is 0. The Labute approximate surface area is 193 Å². The van der Waals surface area contributed by atoms with Crippen LogP contribution in [0.1, 0.15) is 44.1 Å². The summed E-state index contributed by atoms with van der Waals surface area (Å²) in [6.07, 6.45) is 10.0. The molecule has 1 aromatic heterocycles. The summed E-state index contributed by atoms with van der Waals surface area (Å²) in [5.74, 6) is -0.560. The fourth-order valence-corrected chi connectivity index (χ4v) is 6.59. The van der Waals surface area contributed by atoms with Crippen molar-refractivity contribution in [2.24, 2.45) is 17.6 Å². The quantitative estimate of drug-likeness (QED) is 0.246. The van der Waals surface area contributed by atoms with Gasteiger partial charge in [-0.2, -0.15) is 0 Å². The Morgan fingerprint density at radius 1 is 1.31 bits per heavy atom. The van der Waals surface area contributed by atoms with Crippen molar-refractivity contribution in [2.45, 2.75) is 63.3 Å². The fraction of sp³-hybridized carbons (Fsp3) is 0.571. The number of hydrogen-bond acceptors (Lipinski definition) is 5. The molecule has 5 N–H and O–H groups in total. The number of rotatable bonds is 11. The van der Waals surface area contributed by atoms with E-state index >= 15 is 0 Å². The maximum atomic E-state index is 10.7. The number of thiophene rings is 1. The third-order valence-corrected chi connectivity index (χ3v) is 7.74. The van der Waals surface area contributed by atoms with Crippen LogP contribution in [0.25, 0.3) is 0 Å². The van der Waals surface area contributed by atoms with E-state index < -0.39 is 18.3 Å². The van der Waals surface area contributed by atoms with Crippen molar-refractivity contribution in [3.8, 4) is 0 Å². The minimum absolute atomic E-state index is 0.0807. The van der Waals surface area contributed by atoms with E-state index in [0.717, 1.165) is 26.0 Å². The number of nitrogens with two attached hydrogens (primary N) is 1. The highest BCUT2D eigenvalue weighted by molar-refractivity contribution is 9.12. The molecule has 0 saturated heterocycles. The van der Waals surface area contributed by atoms with Gasteiger partial charge in [-0.25, -0.2) is 0 Å². The van der Waals surface area contributed by atoms with Gasteiger partial charge in [0.2, 0.25) is 5.91 Å². The van der Waals surface area contributed by atoms with Crippen LogP contribution in [0.4, 0.5) is 0 Å². The van der Waals surface area contributed by atoms with Gasteiger partial charge >= 0.3 is 0 Å². The van der Waals surface area contributed by atoms with Crippen LogP contribution in [0.5, 0.6) is 0 Å². The number of halogens is 2. The minimum Gasteiger partial charge on any atom is -0.393 e. The monoisotopic (exact) mass is 549 g/mol. The predicted molar refractivity (Wildman–Crippen MR) is 124 cm³/mol. The molecule has 1 aliphatic carbocycles. The number of aryl methyl sites for hydroxylation is 1. The van der Waals surface area contributed by atoms with Crippen molar-refractivity contribution in [2.75, 3.05) is 0 Å². The van der Waals surface area contributed by atoms with Gasteiger partial charge in [-0.05, 0) is 81.5 Å². The summed E-state index contributed by atoms with van der Waals surface area (Å²) >= 11 is 8.60. The molecule has 0 aliphatic heterocycles. The molecular weight excluding hydrogens is 522 g/mol. The summed E-state index contributed by atoms with van der Waals surface area (Å²) < 4.78 is 2.12. The number of aliphatic hydroxyl groups excluding tert-OH is 3. The van der Waals surface area contributed by atoms with Gasteiger partial charge in [0.25, 0.3) is 0 Å². The molecule has 0 radical (unpaired) electrons. The first-order chi connectivity index (χ1) is 13.8. The van der Waals surface area contributed by atoms with Crippen LogP contribution in [0.3, 0.4) is 0 Å². The fourth-order valence-electron chi connectivity index (χ4n) is 3.67. The molecule has 8 heteroatoms. The van der Waals surface area contributed by atoms with E-state index in [4.69, 9.17) is 5.73 Å². The van der Waals surface area contributed by atoms with Crippen LogP contribution in [0.15, 0.2) is 37.9 Å². The first-order valence-corrected chi connectivity index (χ1v) is 12.3. The lowest BCUT2D eigenvalue weighted by Crippen LogP contribution is -2.20. The summed E-state index contributed by atoms with van der Waals surface area (Å²) in [6.45, 7) is 0. The number of allylic oxidation sites excluding steroid dienone is 2. The molecule has 29 heavy (non-hydrogen) atoms. The van der Waals surface area contributed by atoms with Gasteiger partial charge in [-0.3, -0.25) is 4.79 Å². The van der Waals surface area contributed by atoms with Gasteiger partial charge in [-0.15, -0.1) is 11.3 Å². The summed E-state index contributed by atoms with van der Waals surface area (Å²) in [5.41, 5.74) is 6.28. The van der Waals surface area contributed by atoms with E-state index in [2.05, 4.69) is 31.9 Å². The molecule has 1 aliphatic rings. The van der Waals surface area contributed by atoms with E-state index in [1.165, 1.54) is 0 Å². The first-order valence-electron chi connectivity index (χ1n) is 9.87. The minimum atomic E-state index is -0.608. The summed E-state index contributed by atoms with van der Waals surface area (Å²) in [5, 5.41) is 30.9. The molecule has 5 nitrogen and oxygen atoms in total. The Hall–Kier alpha value is -0.510. The normalized spacial score (nSPS) is 26.0. The van der Waals surface area contributed by atoms with Crippen LogP contribution in [-0.2, 0) is 11.2 Å². The van der Waals surface area contributed by atoms with Crippen molar-refractivity contribution in [1.82, 2.24) is 0 Å². The lowest BCUT2D eigenvalue weighted by Gasteiger charge is -2.19. The van der Waals surface area contributed by atoms with Crippen molar-refractivity contribution < 1.29 is 20.1 Å². The van der Waals surface area contributed by atoms with Crippen molar-refractivity contribution in [1.29, 1.82) is 0 Å². The number of hydrogen-bond donors (Lipinski definition) is 4. The molecule has 2 rings (SSSR count). The lowest BCUT2D eigenvalue weighted by molar-refractivity contribution is -0.118. The maximum Gasteiger partial charge on any atom is 0.217 e. The number of unbranched alkanes of at least 4 members (excludes halogenated alkanes) is 1. The molecule has 0 spiro atoms. The Kier molecular flexibility index (Phi) is 10.6. The zero-order chi connectivity index (χ0) is 21.4. The maximum absolute atomic E-state index is 10.7. The van der Waals surface area contributed by atoms with Gasteiger partial charge in [0.15, 0.2) is 0 Å². The first kappa shape index (κ1) is 24.8. The number of aliphatic hydroxyl groups is 3. The SMILES string of the molecule is NC(=O)CCCC=CC[C@@H]1[C@@H](C=C[C@H](O)CCc2cc(Br)sc2Br)[C@@H](O)C[C@@H]1O. The van der Waals surface area contributed by atoms with Gasteiger partial charge in [0.1, 0.15) is 0 Å². The van der Waals surface area contributed by atoms with Crippen molar-refractivity contribution >= 4 is 49.1 Å². The van der Waals surface area contributed by atoms with E-state index in [9.17, 15) is 20.1 Å². The van der Waals surface area contributed by atoms with Crippen molar-refractivity contribution in [3.63, 3.8) is 0 Å². The Bertz CT molecular complexity index is 722. The highest BCUT2D eigenvalue weighted by Gasteiger charge is 2.39. The zero-order valence-electron chi connectivity index (χ0n) is 16.2. The average Bonchev–Trinajstić information content (AvgIpc) is 3.11. The van der Waals surface area contributed by atoms with Crippen LogP contribution >= 0.6 is 43.2 Å². The van der Waals surface area contributed by atoms with Crippen molar-refractivity contribution in [3.05, 3.63) is 43.5 Å². The topological polar surface area (TPSA) is 104 Å². The molecular formula is C21H29Br2NO4S. The molecule has 0 bridgehead atoms. The molecule has 1 heterocycles. The van der Waals surface area contributed by atoms with Gasteiger partial charge in [0.05, 0.1) is 25.9 Å². The van der Waals surface area contributed by atoms with E-state index in [1.54, 1.807) is 17.4 Å². The smallest absolute Gasteiger partial charge is 0.217 e. The van der Waals surface area contributed by atoms with Gasteiger partial charge in [-0.1, -0.05) is 24.3 Å². The predicted octanol–water partition coefficient (Wildman–Crippen LogP) is 4.08. The van der Waals surface area contributed by atoms with Crippen LogP contribution in [-0.4, -0.2) is 39.5 Å². The second kappa shape index (κ2) is 12.4. The number of carbonyl (C=O) groups excluding carboxylic acids is 1. The molecule has 0 aromatic carbocycles. The largest absolute Gasteiger partial charge is 0.393 e. The zero-order valence-corrected chi connectivity index (χ0v) is 20.2. The third kappa shape index (κ3) is 8.26. The molecule has 5 atom stereocenters. The van der Waals surface area contributed by atoms with E-state index in [0.29, 0.717) is 32.1 Å².